The number of H-pyrrole nitrogens is 1. The molecule has 0 unspecified atom stereocenters. The summed E-state index contributed by atoms with van der Waals surface area (Å²) in [5.41, 5.74) is 8.03. The van der Waals surface area contributed by atoms with Crippen LogP contribution in [0.4, 0.5) is 9.18 Å². The van der Waals surface area contributed by atoms with Crippen LogP contribution >= 0.6 is 0 Å². The summed E-state index contributed by atoms with van der Waals surface area (Å²) in [6.07, 6.45) is 3.94. The maximum atomic E-state index is 13.6. The van der Waals surface area contributed by atoms with Gasteiger partial charge < -0.3 is 20.8 Å². The van der Waals surface area contributed by atoms with Crippen molar-refractivity contribution in [3.8, 4) is 17.1 Å². The quantitative estimate of drug-likeness (QED) is 0.478. The van der Waals surface area contributed by atoms with Crippen LogP contribution in [0, 0.1) is 5.82 Å². The summed E-state index contributed by atoms with van der Waals surface area (Å²) < 4.78 is 20.7. The number of carbonyl (C=O) groups is 1. The van der Waals surface area contributed by atoms with E-state index in [-0.39, 0.29) is 23.1 Å². The van der Waals surface area contributed by atoms with Crippen molar-refractivity contribution in [1.29, 1.82) is 0 Å². The maximum absolute atomic E-state index is 13.6. The van der Waals surface area contributed by atoms with Crippen molar-refractivity contribution >= 4 is 28.2 Å². The number of ether oxygens (including phenoxy) is 1. The first-order valence-corrected chi connectivity index (χ1v) is 9.54. The number of carbonyl (C=O) groups excluding carboxylic acids is 1. The fourth-order valence-corrected chi connectivity index (χ4v) is 4.05. The average Bonchev–Trinajstić information content (AvgIpc) is 3.21. The molecule has 1 amide bonds. The molecule has 4 aromatic rings. The summed E-state index contributed by atoms with van der Waals surface area (Å²) in [5, 5.41) is 8.06. The van der Waals surface area contributed by atoms with Crippen molar-refractivity contribution in [2.24, 2.45) is 12.8 Å². The molecule has 1 saturated carbocycles. The smallest absolute Gasteiger partial charge is 0.406 e. The minimum Gasteiger partial charge on any atom is -0.406 e. The number of amides is 1. The van der Waals surface area contributed by atoms with Gasteiger partial charge in [0.05, 0.1) is 11.7 Å². The number of rotatable bonds is 3. The molecule has 3 aromatic heterocycles. The highest BCUT2D eigenvalue weighted by Crippen LogP contribution is 2.32. The molecule has 0 aliphatic heterocycles. The monoisotopic (exact) mass is 409 g/mol. The Hall–Kier alpha value is -3.53. The third-order valence-electron chi connectivity index (χ3n) is 5.43. The highest BCUT2D eigenvalue weighted by molar-refractivity contribution is 5.93. The Morgan fingerprint density at radius 2 is 2.23 bits per heavy atom. The number of hydrogen-bond acceptors (Lipinski definition) is 6. The molecule has 1 aliphatic rings. The number of aromatic amines is 1. The van der Waals surface area contributed by atoms with Gasteiger partial charge in [0.2, 0.25) is 0 Å². The lowest BCUT2D eigenvalue weighted by atomic mass is 9.75. The molecule has 5 rings (SSSR count). The number of nitrogens with two attached hydrogens (primary N) is 1. The third-order valence-corrected chi connectivity index (χ3v) is 5.43. The first-order valence-electron chi connectivity index (χ1n) is 9.54. The van der Waals surface area contributed by atoms with Crippen molar-refractivity contribution in [2.45, 2.75) is 31.3 Å². The van der Waals surface area contributed by atoms with Gasteiger partial charge in [0.15, 0.2) is 16.9 Å². The van der Waals surface area contributed by atoms with Gasteiger partial charge in [-0.25, -0.2) is 19.2 Å². The largest absolute Gasteiger partial charge is 0.413 e. The SMILES string of the molecule is Cn1nc(-c2cnc3[nH]cc(OC(=O)NC4(C)CC(N)C4)c3n2)c2ccc(F)cc21. The van der Waals surface area contributed by atoms with Crippen molar-refractivity contribution in [2.75, 3.05) is 0 Å². The Balaban J connectivity index is 1.47. The van der Waals surface area contributed by atoms with Gasteiger partial charge in [-0.15, -0.1) is 0 Å². The molecule has 3 heterocycles. The Labute approximate surface area is 170 Å². The summed E-state index contributed by atoms with van der Waals surface area (Å²) in [4.78, 5) is 24.3. The molecule has 0 atom stereocenters. The molecular formula is C20H20FN7O2. The van der Waals surface area contributed by atoms with E-state index in [1.807, 2.05) is 6.92 Å². The van der Waals surface area contributed by atoms with Crippen LogP contribution in [0.1, 0.15) is 19.8 Å². The fraction of sp³-hybridized carbons (Fsp3) is 0.300. The standard InChI is InChI=1S/C20H20FN7O2/c1-20(6-11(22)7-20)26-19(29)30-15-9-24-18-17(15)25-13(8-23-18)16-12-4-3-10(21)5-14(12)28(2)27-16/h3-5,8-9,11H,6-7,22H2,1-2H3,(H,23,24)(H,26,29). The summed E-state index contributed by atoms with van der Waals surface area (Å²) in [7, 11) is 1.74. The zero-order chi connectivity index (χ0) is 21.0. The predicted octanol–water partition coefficient (Wildman–Crippen LogP) is 2.62. The second kappa shape index (κ2) is 6.49. The van der Waals surface area contributed by atoms with E-state index in [9.17, 15) is 9.18 Å². The van der Waals surface area contributed by atoms with Crippen LogP contribution in [0.15, 0.2) is 30.6 Å². The van der Waals surface area contributed by atoms with Crippen LogP contribution in [-0.4, -0.2) is 42.4 Å². The number of aromatic nitrogens is 5. The van der Waals surface area contributed by atoms with Crippen LogP contribution in [0.25, 0.3) is 33.5 Å². The van der Waals surface area contributed by atoms with Gasteiger partial charge in [-0.3, -0.25) is 4.68 Å². The molecule has 1 aliphatic carbocycles. The van der Waals surface area contributed by atoms with E-state index in [0.717, 1.165) is 5.39 Å². The van der Waals surface area contributed by atoms with Gasteiger partial charge in [0, 0.05) is 30.2 Å². The van der Waals surface area contributed by atoms with Crippen molar-refractivity contribution in [1.82, 2.24) is 30.0 Å². The lowest BCUT2D eigenvalue weighted by Crippen LogP contribution is -2.60. The number of nitrogens with one attached hydrogen (secondary N) is 2. The molecular weight excluding hydrogens is 389 g/mol. The van der Waals surface area contributed by atoms with Crippen LogP contribution in [-0.2, 0) is 7.05 Å². The number of aryl methyl sites for hydroxylation is 1. The molecule has 9 nitrogen and oxygen atoms in total. The number of hydrogen-bond donors (Lipinski definition) is 3. The first-order chi connectivity index (χ1) is 14.3. The van der Waals surface area contributed by atoms with Gasteiger partial charge in [-0.05, 0) is 38.0 Å². The van der Waals surface area contributed by atoms with Crippen LogP contribution < -0.4 is 15.8 Å². The fourth-order valence-electron chi connectivity index (χ4n) is 4.05. The van der Waals surface area contributed by atoms with E-state index in [1.54, 1.807) is 24.0 Å². The molecule has 30 heavy (non-hydrogen) atoms. The van der Waals surface area contributed by atoms with Gasteiger partial charge in [-0.2, -0.15) is 5.10 Å². The Morgan fingerprint density at radius 3 is 3.00 bits per heavy atom. The predicted molar refractivity (Wildman–Crippen MR) is 108 cm³/mol. The Bertz CT molecular complexity index is 1290. The first kappa shape index (κ1) is 18.5. The summed E-state index contributed by atoms with van der Waals surface area (Å²) in [6.45, 7) is 1.93. The molecule has 10 heteroatoms. The second-order valence-electron chi connectivity index (χ2n) is 7.98. The van der Waals surface area contributed by atoms with Crippen molar-refractivity contribution in [3.05, 3.63) is 36.4 Å². The lowest BCUT2D eigenvalue weighted by Gasteiger charge is -2.43. The van der Waals surface area contributed by atoms with Crippen LogP contribution in [0.2, 0.25) is 0 Å². The van der Waals surface area contributed by atoms with Gasteiger partial charge in [0.1, 0.15) is 17.2 Å². The summed E-state index contributed by atoms with van der Waals surface area (Å²) >= 11 is 0. The minimum absolute atomic E-state index is 0.0958. The molecule has 1 aromatic carbocycles. The summed E-state index contributed by atoms with van der Waals surface area (Å²) in [6, 6.07) is 4.55. The van der Waals surface area contributed by atoms with Gasteiger partial charge >= 0.3 is 6.09 Å². The molecule has 1 fully saturated rings. The van der Waals surface area contributed by atoms with E-state index in [2.05, 4.69) is 25.4 Å². The summed E-state index contributed by atoms with van der Waals surface area (Å²) in [5.74, 6) is -0.0811. The van der Waals surface area contributed by atoms with E-state index in [4.69, 9.17) is 10.5 Å². The van der Waals surface area contributed by atoms with E-state index in [0.29, 0.717) is 40.9 Å². The second-order valence-corrected chi connectivity index (χ2v) is 7.98. The molecule has 0 radical (unpaired) electrons. The third kappa shape index (κ3) is 3.05. The van der Waals surface area contributed by atoms with Gasteiger partial charge in [0.25, 0.3) is 0 Å². The number of fused-ring (bicyclic) bond motifs is 2. The van der Waals surface area contributed by atoms with E-state index in [1.165, 1.54) is 18.3 Å². The average molecular weight is 409 g/mol. The van der Waals surface area contributed by atoms with E-state index >= 15 is 0 Å². The number of halogens is 1. The highest BCUT2D eigenvalue weighted by atomic mass is 19.1. The zero-order valence-corrected chi connectivity index (χ0v) is 16.4. The maximum Gasteiger partial charge on any atom is 0.413 e. The molecule has 0 spiro atoms. The lowest BCUT2D eigenvalue weighted by molar-refractivity contribution is 0.147. The van der Waals surface area contributed by atoms with Crippen molar-refractivity contribution < 1.29 is 13.9 Å². The molecule has 154 valence electrons. The topological polar surface area (TPSA) is 124 Å². The van der Waals surface area contributed by atoms with Crippen molar-refractivity contribution in [3.63, 3.8) is 0 Å². The molecule has 0 saturated heterocycles. The zero-order valence-electron chi connectivity index (χ0n) is 16.4. The number of benzene rings is 1. The highest BCUT2D eigenvalue weighted by Gasteiger charge is 2.40. The van der Waals surface area contributed by atoms with Gasteiger partial charge in [-0.1, -0.05) is 0 Å². The number of nitrogens with zero attached hydrogens (tertiary/aromatic N) is 4. The van der Waals surface area contributed by atoms with E-state index < -0.39 is 6.09 Å². The Kier molecular flexibility index (Phi) is 4.00. The van der Waals surface area contributed by atoms with Crippen LogP contribution in [0.3, 0.4) is 0 Å². The minimum atomic E-state index is -0.573. The normalized spacial score (nSPS) is 21.0. The molecule has 0 bridgehead atoms. The van der Waals surface area contributed by atoms with Crippen LogP contribution in [0.5, 0.6) is 5.75 Å². The molecule has 4 N–H and O–H groups in total. The Morgan fingerprint density at radius 1 is 1.43 bits per heavy atom.